The molecule has 0 atom stereocenters. The maximum Gasteiger partial charge on any atom is 0.245 e. The molecule has 0 saturated heterocycles. The van der Waals surface area contributed by atoms with E-state index in [0.29, 0.717) is 11.6 Å². The number of imidazole rings is 1. The molecule has 0 aliphatic carbocycles. The van der Waals surface area contributed by atoms with Crippen molar-refractivity contribution in [2.45, 2.75) is 39.3 Å². The van der Waals surface area contributed by atoms with E-state index in [4.69, 9.17) is 0 Å². The van der Waals surface area contributed by atoms with Gasteiger partial charge in [0.15, 0.2) is 5.69 Å². The first-order valence-corrected chi connectivity index (χ1v) is 16.1. The highest BCUT2D eigenvalue weighted by Gasteiger charge is 2.22. The monoisotopic (exact) mass is 671 g/mol. The Balaban J connectivity index is 1.12. The van der Waals surface area contributed by atoms with Crippen LogP contribution in [0.5, 0.6) is 0 Å². The average molecular weight is 673 g/mol. The molecule has 0 spiro atoms. The lowest BCUT2D eigenvalue weighted by atomic mass is 9.98. The number of H-pyrrole nitrogens is 2. The van der Waals surface area contributed by atoms with E-state index in [2.05, 4.69) is 140 Å². The Morgan fingerprint density at radius 1 is 0.674 bits per heavy atom. The molecule has 46 heavy (non-hydrogen) atoms. The Morgan fingerprint density at radius 2 is 1.20 bits per heavy atom. The molecule has 7 rings (SSSR count). The molecule has 0 amide bonds. The fraction of sp³-hybridized carbons (Fsp3) is 0.171. The van der Waals surface area contributed by atoms with Gasteiger partial charge in [0.2, 0.25) is 22.6 Å². The molecule has 4 aromatic carbocycles. The molecule has 11 heteroatoms. The van der Waals surface area contributed by atoms with Crippen LogP contribution in [0, 0.1) is 0 Å². The molecule has 10 nitrogen and oxygen atoms in total. The van der Waals surface area contributed by atoms with Crippen LogP contribution in [0.25, 0.3) is 45.0 Å². The lowest BCUT2D eigenvalue weighted by Crippen LogP contribution is -2.33. The van der Waals surface area contributed by atoms with Gasteiger partial charge in [-0.25, -0.2) is 9.13 Å². The van der Waals surface area contributed by atoms with Gasteiger partial charge in [-0.2, -0.15) is 10.4 Å². The largest absolute Gasteiger partial charge is 0.245 e. The molecule has 3 heterocycles. The summed E-state index contributed by atoms with van der Waals surface area (Å²) in [5.74, 6) is 1.17. The Kier molecular flexibility index (Phi) is 8.55. The normalized spacial score (nSPS) is 11.3. The number of hydrogen-bond donors (Lipinski definition) is 2. The first-order chi connectivity index (χ1) is 22.7. The second-order valence-corrected chi connectivity index (χ2v) is 11.9. The van der Waals surface area contributed by atoms with Crippen molar-refractivity contribution in [3.05, 3.63) is 125 Å². The minimum atomic E-state index is 0.587. The first kappa shape index (κ1) is 29.4. The molecular formula is C35H32BrN10+. The predicted octanol–water partition coefficient (Wildman–Crippen LogP) is 6.67. The van der Waals surface area contributed by atoms with Crippen LogP contribution < -0.4 is 4.57 Å². The summed E-state index contributed by atoms with van der Waals surface area (Å²) in [4.78, 5) is 0. The molecule has 0 unspecified atom stereocenters. The standard InChI is InChI=1S/C35H32BrN10/c1-2-3-12-32-33(36)46(22-25-15-19-27(20-16-25)29-9-5-7-11-31(29)35-39-43-44-40-35)23-45(32)21-24-13-17-26(18-14-24)28-8-4-6-10-30(28)34-37-41-42-38-34/h4-11,13-20,23H,2-3,12,21-22H2,1H3,(H,37,38,41,42)(H,39,40,43,44)/q+1. The molecule has 0 bridgehead atoms. The van der Waals surface area contributed by atoms with Crippen molar-refractivity contribution in [2.75, 3.05) is 0 Å². The quantitative estimate of drug-likeness (QED) is 0.148. The topological polar surface area (TPSA) is 118 Å². The molecule has 228 valence electrons. The van der Waals surface area contributed by atoms with Gasteiger partial charge in [-0.05, 0) is 50.2 Å². The van der Waals surface area contributed by atoms with E-state index in [1.807, 2.05) is 36.4 Å². The van der Waals surface area contributed by atoms with Crippen molar-refractivity contribution >= 4 is 15.9 Å². The summed E-state index contributed by atoms with van der Waals surface area (Å²) in [6.45, 7) is 3.77. The Bertz CT molecular complexity index is 2030. The lowest BCUT2D eigenvalue weighted by molar-refractivity contribution is -0.698. The van der Waals surface area contributed by atoms with Crippen LogP contribution in [0.1, 0.15) is 36.6 Å². The number of aromatic nitrogens is 10. The number of unbranched alkanes of at least 4 members (excludes halogenated alkanes) is 1. The number of tetrazole rings is 2. The van der Waals surface area contributed by atoms with E-state index in [-0.39, 0.29) is 0 Å². The van der Waals surface area contributed by atoms with Gasteiger partial charge >= 0.3 is 0 Å². The third kappa shape index (κ3) is 6.14. The van der Waals surface area contributed by atoms with Crippen molar-refractivity contribution in [3.63, 3.8) is 0 Å². The summed E-state index contributed by atoms with van der Waals surface area (Å²) in [7, 11) is 0. The Labute approximate surface area is 274 Å². The highest BCUT2D eigenvalue weighted by molar-refractivity contribution is 9.10. The van der Waals surface area contributed by atoms with Gasteiger partial charge < -0.3 is 0 Å². The van der Waals surface area contributed by atoms with E-state index >= 15 is 0 Å². The fourth-order valence-electron chi connectivity index (χ4n) is 5.79. The van der Waals surface area contributed by atoms with Gasteiger partial charge in [0.1, 0.15) is 13.1 Å². The Morgan fingerprint density at radius 3 is 1.70 bits per heavy atom. The summed E-state index contributed by atoms with van der Waals surface area (Å²) in [6, 6.07) is 33.7. The van der Waals surface area contributed by atoms with E-state index in [1.54, 1.807) is 0 Å². The van der Waals surface area contributed by atoms with Crippen molar-refractivity contribution in [3.8, 4) is 45.0 Å². The summed E-state index contributed by atoms with van der Waals surface area (Å²) in [5.41, 5.74) is 10.0. The van der Waals surface area contributed by atoms with Crippen LogP contribution >= 0.6 is 15.9 Å². The number of rotatable bonds is 11. The van der Waals surface area contributed by atoms with Gasteiger partial charge in [-0.1, -0.05) is 110 Å². The molecule has 0 aliphatic heterocycles. The molecular weight excluding hydrogens is 640 g/mol. The van der Waals surface area contributed by atoms with Gasteiger partial charge in [-0.15, -0.1) is 20.4 Å². The predicted molar refractivity (Wildman–Crippen MR) is 179 cm³/mol. The van der Waals surface area contributed by atoms with E-state index < -0.39 is 0 Å². The fourth-order valence-corrected chi connectivity index (χ4v) is 6.44. The third-order valence-electron chi connectivity index (χ3n) is 8.15. The summed E-state index contributed by atoms with van der Waals surface area (Å²) < 4.78 is 5.79. The first-order valence-electron chi connectivity index (χ1n) is 15.3. The van der Waals surface area contributed by atoms with Crippen molar-refractivity contribution in [1.82, 2.24) is 45.8 Å². The Hall–Kier alpha value is -5.29. The van der Waals surface area contributed by atoms with Gasteiger partial charge in [0.05, 0.1) is 0 Å². The number of benzene rings is 4. The summed E-state index contributed by atoms with van der Waals surface area (Å²) in [6.07, 6.45) is 5.50. The molecule has 0 fully saturated rings. The van der Waals surface area contributed by atoms with Crippen molar-refractivity contribution < 1.29 is 4.57 Å². The average Bonchev–Trinajstić information content (AvgIpc) is 3.89. The lowest BCUT2D eigenvalue weighted by Gasteiger charge is -2.08. The van der Waals surface area contributed by atoms with Crippen molar-refractivity contribution in [2.24, 2.45) is 0 Å². The third-order valence-corrected chi connectivity index (χ3v) is 9.06. The van der Waals surface area contributed by atoms with Gasteiger partial charge in [-0.3, -0.25) is 0 Å². The minimum Gasteiger partial charge on any atom is -0.229 e. The smallest absolute Gasteiger partial charge is 0.229 e. The molecule has 0 radical (unpaired) electrons. The van der Waals surface area contributed by atoms with Gasteiger partial charge in [0, 0.05) is 33.5 Å². The highest BCUT2D eigenvalue weighted by Crippen LogP contribution is 2.31. The van der Waals surface area contributed by atoms with Crippen LogP contribution in [0.3, 0.4) is 0 Å². The second kappa shape index (κ2) is 13.4. The SMILES string of the molecule is CCCCc1c(Br)[n+](Cc2ccc(-c3ccccc3-c3nn[nH]n3)cc2)cn1Cc1ccc(-c2ccccc2-c2nn[nH]n2)cc1. The zero-order valence-corrected chi connectivity index (χ0v) is 26.9. The van der Waals surface area contributed by atoms with E-state index in [9.17, 15) is 0 Å². The van der Waals surface area contributed by atoms with Crippen LogP contribution in [-0.4, -0.2) is 45.8 Å². The van der Waals surface area contributed by atoms with E-state index in [1.165, 1.54) is 16.8 Å². The zero-order valence-electron chi connectivity index (χ0n) is 25.3. The number of hydrogen-bond acceptors (Lipinski definition) is 6. The minimum absolute atomic E-state index is 0.587. The zero-order chi connectivity index (χ0) is 31.3. The molecule has 0 aliphatic rings. The number of aromatic amines is 2. The number of halogens is 1. The highest BCUT2D eigenvalue weighted by atomic mass is 79.9. The molecule has 2 N–H and O–H groups in total. The second-order valence-electron chi connectivity index (χ2n) is 11.2. The molecule has 7 aromatic rings. The van der Waals surface area contributed by atoms with Crippen LogP contribution in [0.4, 0.5) is 0 Å². The summed E-state index contributed by atoms with van der Waals surface area (Å²) in [5, 5.41) is 29.3. The molecule has 0 saturated carbocycles. The van der Waals surface area contributed by atoms with Crippen LogP contribution in [0.15, 0.2) is 108 Å². The number of nitrogens with one attached hydrogen (secondary N) is 2. The van der Waals surface area contributed by atoms with Crippen LogP contribution in [-0.2, 0) is 19.5 Å². The maximum absolute atomic E-state index is 4.19. The summed E-state index contributed by atoms with van der Waals surface area (Å²) >= 11 is 3.95. The van der Waals surface area contributed by atoms with E-state index in [0.717, 1.165) is 70.3 Å². The van der Waals surface area contributed by atoms with Gasteiger partial charge in [0.25, 0.3) is 0 Å². The molecule has 3 aromatic heterocycles. The van der Waals surface area contributed by atoms with Crippen molar-refractivity contribution in [1.29, 1.82) is 0 Å². The maximum atomic E-state index is 4.19. The van der Waals surface area contributed by atoms with Crippen LogP contribution in [0.2, 0.25) is 0 Å². The number of nitrogens with zero attached hydrogens (tertiary/aromatic N) is 8.